The van der Waals surface area contributed by atoms with Gasteiger partial charge in [-0.05, 0) is 80.5 Å². The van der Waals surface area contributed by atoms with Crippen LogP contribution in [-0.4, -0.2) is 69.2 Å². The Bertz CT molecular complexity index is 1910. The Labute approximate surface area is 290 Å². The summed E-state index contributed by atoms with van der Waals surface area (Å²) in [6.45, 7) is 3.00. The molecule has 0 spiro atoms. The summed E-state index contributed by atoms with van der Waals surface area (Å²) in [5.74, 6) is -4.72. The number of thioether (sulfide) groups is 1. The maximum Gasteiger partial charge on any atom is 0.338 e. The van der Waals surface area contributed by atoms with E-state index in [9.17, 15) is 33.9 Å². The second kappa shape index (κ2) is 12.5. The smallest absolute Gasteiger partial charge is 0.338 e. The van der Waals surface area contributed by atoms with Gasteiger partial charge in [-0.15, -0.1) is 11.8 Å². The number of aromatic nitrogens is 1. The van der Waals surface area contributed by atoms with Gasteiger partial charge in [0.2, 0.25) is 11.8 Å². The first-order valence-corrected chi connectivity index (χ1v) is 18.0. The highest BCUT2D eigenvalue weighted by atomic mass is 79.9. The zero-order chi connectivity index (χ0) is 34.0. The van der Waals surface area contributed by atoms with Crippen LogP contribution < -0.4 is 14.9 Å². The summed E-state index contributed by atoms with van der Waals surface area (Å²) in [4.78, 5) is 81.2. The standard InChI is InChI=1S/C33H30BrN3O9S2/c1-3-45-32(43)14-4-7-16(8-5-14)35-21(38)12-46-20-9-6-15(34)10-17(20)22-23-18-11-19(26(23)47-28-27(22)48-33(44)36-28)25-24(18)29(39)37(30(25)40)13(2)31(41)42/h4-10,13,18-19,22-26H,3,11-12H2,1-2H3,(H,35,38)(H,36,44)(H,41,42)/t13?,18?,19?,22-,23?,24?,25?,26?/m1/s1. The van der Waals surface area contributed by atoms with E-state index in [1.165, 1.54) is 18.7 Å². The van der Waals surface area contributed by atoms with Crippen LogP contribution in [0.4, 0.5) is 5.69 Å². The van der Waals surface area contributed by atoms with Crippen molar-refractivity contribution in [3.63, 3.8) is 0 Å². The Balaban J connectivity index is 1.17. The molecule has 48 heavy (non-hydrogen) atoms. The number of likely N-dealkylation sites (tertiary alicyclic amines) is 1. The van der Waals surface area contributed by atoms with Crippen LogP contribution in [0.2, 0.25) is 0 Å². The number of aliphatic carboxylic acids is 1. The first kappa shape index (κ1) is 32.6. The number of nitrogens with zero attached hydrogens (tertiary/aromatic N) is 1. The van der Waals surface area contributed by atoms with Gasteiger partial charge in [-0.1, -0.05) is 27.3 Å². The van der Waals surface area contributed by atoms with E-state index < -0.39 is 47.5 Å². The summed E-state index contributed by atoms with van der Waals surface area (Å²) in [5, 5.41) is 13.0. The van der Waals surface area contributed by atoms with Crippen LogP contribution in [0.15, 0.2) is 56.8 Å². The van der Waals surface area contributed by atoms with Crippen molar-refractivity contribution in [3.8, 4) is 5.75 Å². The fraction of sp³-hybridized carbons (Fsp3) is 0.394. The molecule has 0 radical (unpaired) electrons. The van der Waals surface area contributed by atoms with E-state index in [2.05, 4.69) is 26.2 Å². The number of amides is 3. The number of hydrogen-bond donors (Lipinski definition) is 3. The predicted molar refractivity (Wildman–Crippen MR) is 178 cm³/mol. The Hall–Kier alpha value is -3.95. The molecule has 3 fully saturated rings. The minimum atomic E-state index is -1.26. The number of nitrogens with one attached hydrogen (secondary N) is 2. The van der Waals surface area contributed by atoms with Crippen molar-refractivity contribution in [2.75, 3.05) is 18.5 Å². The van der Waals surface area contributed by atoms with Gasteiger partial charge in [0.15, 0.2) is 6.61 Å². The summed E-state index contributed by atoms with van der Waals surface area (Å²) in [7, 11) is 0. The molecule has 250 valence electrons. The second-order valence-corrected chi connectivity index (χ2v) is 15.5. The van der Waals surface area contributed by atoms with E-state index in [-0.39, 0.29) is 47.0 Å². The summed E-state index contributed by atoms with van der Waals surface area (Å²) in [6, 6.07) is 10.5. The molecule has 2 aromatic carbocycles. The van der Waals surface area contributed by atoms with Crippen LogP contribution in [0, 0.1) is 29.6 Å². The maximum atomic E-state index is 13.7. The molecule has 2 bridgehead atoms. The van der Waals surface area contributed by atoms with E-state index in [1.807, 2.05) is 6.07 Å². The molecular formula is C33H30BrN3O9S2. The zero-order valence-electron chi connectivity index (χ0n) is 25.6. The summed E-state index contributed by atoms with van der Waals surface area (Å²) >= 11 is 6.19. The highest BCUT2D eigenvalue weighted by Crippen LogP contribution is 2.69. The highest BCUT2D eigenvalue weighted by Gasteiger charge is 2.70. The summed E-state index contributed by atoms with van der Waals surface area (Å²) in [6.07, 6.45) is 0.641. The number of fused-ring (bicyclic) bond motifs is 9. The number of rotatable bonds is 9. The van der Waals surface area contributed by atoms with Gasteiger partial charge in [0.05, 0.1) is 29.0 Å². The normalized spacial score (nSPS) is 27.2. The minimum absolute atomic E-state index is 0.108. The molecule has 15 heteroatoms. The summed E-state index contributed by atoms with van der Waals surface area (Å²) in [5.41, 5.74) is 1.57. The third-order valence-electron chi connectivity index (χ3n) is 9.85. The molecule has 3 heterocycles. The SMILES string of the molecule is CCOC(=O)c1ccc(NC(=O)COc2ccc(Br)cc2[C@H]2c3sc(=O)[nH]c3SC3C4CC(C5C(=O)N(C(C)C(=O)O)C(=O)C45)C32)cc1. The maximum absolute atomic E-state index is 13.7. The van der Waals surface area contributed by atoms with Crippen LogP contribution in [0.1, 0.15) is 47.0 Å². The van der Waals surface area contributed by atoms with Gasteiger partial charge in [0.1, 0.15) is 11.8 Å². The van der Waals surface area contributed by atoms with Gasteiger partial charge >= 0.3 is 16.8 Å². The van der Waals surface area contributed by atoms with Crippen LogP contribution in [-0.2, 0) is 23.9 Å². The van der Waals surface area contributed by atoms with Crippen molar-refractivity contribution < 1.29 is 38.6 Å². The number of carboxylic acids is 1. The lowest BCUT2D eigenvalue weighted by Gasteiger charge is -2.43. The highest BCUT2D eigenvalue weighted by molar-refractivity contribution is 9.10. The Morgan fingerprint density at radius 1 is 1.08 bits per heavy atom. The Morgan fingerprint density at radius 2 is 1.79 bits per heavy atom. The van der Waals surface area contributed by atoms with Crippen molar-refractivity contribution in [1.82, 2.24) is 9.88 Å². The van der Waals surface area contributed by atoms with Gasteiger partial charge in [-0.25, -0.2) is 9.59 Å². The van der Waals surface area contributed by atoms with Crippen molar-refractivity contribution in [3.05, 3.63) is 72.6 Å². The number of halogens is 1. The third kappa shape index (κ3) is 5.35. The number of H-pyrrole nitrogens is 1. The summed E-state index contributed by atoms with van der Waals surface area (Å²) < 4.78 is 11.9. The Morgan fingerprint density at radius 3 is 2.48 bits per heavy atom. The number of carbonyl (C=O) groups excluding carboxylic acids is 4. The molecule has 7 unspecified atom stereocenters. The molecule has 1 aromatic heterocycles. The number of aromatic amines is 1. The number of imide groups is 1. The average molecular weight is 757 g/mol. The van der Waals surface area contributed by atoms with E-state index in [0.717, 1.165) is 31.2 Å². The quantitative estimate of drug-likeness (QED) is 0.211. The lowest BCUT2D eigenvalue weighted by atomic mass is 9.68. The molecule has 3 amide bonds. The number of anilines is 1. The molecule has 2 saturated carbocycles. The van der Waals surface area contributed by atoms with Gasteiger partial charge in [0.25, 0.3) is 5.91 Å². The molecule has 8 atom stereocenters. The van der Waals surface area contributed by atoms with Crippen LogP contribution >= 0.6 is 39.0 Å². The Kier molecular flexibility index (Phi) is 8.48. The van der Waals surface area contributed by atoms with Crippen LogP contribution in [0.5, 0.6) is 5.75 Å². The fourth-order valence-electron chi connectivity index (χ4n) is 8.02. The van der Waals surface area contributed by atoms with Crippen LogP contribution in [0.25, 0.3) is 0 Å². The lowest BCUT2D eigenvalue weighted by Crippen LogP contribution is -2.44. The molecule has 1 saturated heterocycles. The van der Waals surface area contributed by atoms with E-state index >= 15 is 0 Å². The number of thiazole rings is 1. The van der Waals surface area contributed by atoms with E-state index in [0.29, 0.717) is 28.4 Å². The zero-order valence-corrected chi connectivity index (χ0v) is 28.9. The monoisotopic (exact) mass is 755 g/mol. The van der Waals surface area contributed by atoms with Crippen molar-refractivity contribution in [2.45, 2.75) is 42.5 Å². The number of carbonyl (C=O) groups is 5. The van der Waals surface area contributed by atoms with E-state index in [4.69, 9.17) is 9.47 Å². The third-order valence-corrected chi connectivity index (χ3v) is 12.9. The largest absolute Gasteiger partial charge is 0.483 e. The number of benzene rings is 2. The molecule has 12 nitrogen and oxygen atoms in total. The molecule has 3 aromatic rings. The molecule has 2 aliphatic carbocycles. The minimum Gasteiger partial charge on any atom is -0.483 e. The first-order chi connectivity index (χ1) is 23.0. The average Bonchev–Trinajstić information content (AvgIpc) is 3.79. The van der Waals surface area contributed by atoms with Gasteiger partial charge in [-0.3, -0.25) is 24.1 Å². The lowest BCUT2D eigenvalue weighted by molar-refractivity contribution is -0.154. The molecule has 7 rings (SSSR count). The second-order valence-electron chi connectivity index (χ2n) is 12.3. The molecule has 2 aliphatic heterocycles. The number of hydrogen-bond acceptors (Lipinski definition) is 10. The first-order valence-electron chi connectivity index (χ1n) is 15.5. The fourth-order valence-corrected chi connectivity index (χ4v) is 11.3. The number of ether oxygens (including phenoxy) is 2. The molecule has 4 aliphatic rings. The van der Waals surface area contributed by atoms with E-state index in [1.54, 1.807) is 43.3 Å². The topological polar surface area (TPSA) is 172 Å². The molecular weight excluding hydrogens is 726 g/mol. The van der Waals surface area contributed by atoms with Crippen molar-refractivity contribution in [2.24, 2.45) is 29.6 Å². The number of carboxylic acid groups (broad SMARTS) is 1. The van der Waals surface area contributed by atoms with Gasteiger partial charge < -0.3 is 24.9 Å². The predicted octanol–water partition coefficient (Wildman–Crippen LogP) is 4.34. The van der Waals surface area contributed by atoms with Crippen molar-refractivity contribution in [1.29, 1.82) is 0 Å². The van der Waals surface area contributed by atoms with Gasteiger partial charge in [-0.2, -0.15) is 0 Å². The van der Waals surface area contributed by atoms with Crippen LogP contribution in [0.3, 0.4) is 0 Å². The molecule has 3 N–H and O–H groups in total. The van der Waals surface area contributed by atoms with Crippen molar-refractivity contribution >= 4 is 74.4 Å². The number of esters is 1. The van der Waals surface area contributed by atoms with Gasteiger partial charge in [0, 0.05) is 31.8 Å².